The zero-order chi connectivity index (χ0) is 23.2. The van der Waals surface area contributed by atoms with Gasteiger partial charge in [0.15, 0.2) is 11.5 Å². The second-order valence-electron chi connectivity index (χ2n) is 7.21. The predicted molar refractivity (Wildman–Crippen MR) is 119 cm³/mol. The number of halogens is 2. The number of aromatic nitrogens is 4. The SMILES string of the molecule is CCC(Nc1nc(F)nc2nc[nH]c12)C1=Nc2cccc(F)c2S(=O)(=O)N1c1ccccc1. The standard InChI is InChI=1S/C21H17F2N7O2S/c1-2-14(26-19-16-18(25-11-24-16)28-21(23)29-19)20-27-15-10-6-9-13(22)17(15)33(31,32)30(20)12-7-4-3-5-8-12/h3-11,14H,2H2,1H3,(H2,24,25,26,28,29). The fourth-order valence-electron chi connectivity index (χ4n) is 3.70. The molecular weight excluding hydrogens is 452 g/mol. The molecule has 1 atom stereocenters. The third-order valence-electron chi connectivity index (χ3n) is 5.17. The summed E-state index contributed by atoms with van der Waals surface area (Å²) in [6, 6.07) is 11.4. The van der Waals surface area contributed by atoms with E-state index in [2.05, 4.69) is 30.2 Å². The number of benzene rings is 2. The molecule has 4 aromatic rings. The molecular formula is C21H17F2N7O2S. The Hall–Kier alpha value is -3.93. The summed E-state index contributed by atoms with van der Waals surface area (Å²) in [5, 5.41) is 3.06. The average Bonchev–Trinajstić information content (AvgIpc) is 3.25. The molecule has 2 aromatic heterocycles. The van der Waals surface area contributed by atoms with Crippen molar-refractivity contribution in [1.82, 2.24) is 19.9 Å². The lowest BCUT2D eigenvalue weighted by molar-refractivity contribution is 0.544. The summed E-state index contributed by atoms with van der Waals surface area (Å²) in [7, 11) is -4.34. The van der Waals surface area contributed by atoms with Gasteiger partial charge < -0.3 is 10.3 Å². The van der Waals surface area contributed by atoms with Crippen LogP contribution in [0.3, 0.4) is 0 Å². The van der Waals surface area contributed by atoms with E-state index in [1.54, 1.807) is 37.3 Å². The largest absolute Gasteiger partial charge is 0.358 e. The van der Waals surface area contributed by atoms with Crippen LogP contribution in [-0.2, 0) is 10.0 Å². The highest BCUT2D eigenvalue weighted by atomic mass is 32.2. The fourth-order valence-corrected chi connectivity index (χ4v) is 5.39. The van der Waals surface area contributed by atoms with Gasteiger partial charge in [-0.25, -0.2) is 27.1 Å². The van der Waals surface area contributed by atoms with Gasteiger partial charge in [-0.05, 0) is 30.7 Å². The van der Waals surface area contributed by atoms with E-state index in [9.17, 15) is 17.2 Å². The summed E-state index contributed by atoms with van der Waals surface area (Å²) >= 11 is 0. The van der Waals surface area contributed by atoms with Gasteiger partial charge >= 0.3 is 6.08 Å². The van der Waals surface area contributed by atoms with Gasteiger partial charge in [0, 0.05) is 0 Å². The van der Waals surface area contributed by atoms with Crippen LogP contribution in [0.2, 0.25) is 0 Å². The molecule has 1 aliphatic heterocycles. The summed E-state index contributed by atoms with van der Waals surface area (Å²) in [6.45, 7) is 1.80. The summed E-state index contributed by atoms with van der Waals surface area (Å²) in [5.74, 6) is -0.706. The minimum absolute atomic E-state index is 0.0158. The van der Waals surface area contributed by atoms with Crippen molar-refractivity contribution in [3.05, 3.63) is 66.8 Å². The van der Waals surface area contributed by atoms with Crippen molar-refractivity contribution in [2.45, 2.75) is 24.3 Å². The van der Waals surface area contributed by atoms with Crippen molar-refractivity contribution >= 4 is 44.2 Å². The van der Waals surface area contributed by atoms with Gasteiger partial charge in [-0.2, -0.15) is 14.4 Å². The number of hydrogen-bond donors (Lipinski definition) is 2. The monoisotopic (exact) mass is 469 g/mol. The van der Waals surface area contributed by atoms with E-state index in [1.165, 1.54) is 18.5 Å². The maximum Gasteiger partial charge on any atom is 0.312 e. The Bertz CT molecular complexity index is 1490. The smallest absolute Gasteiger partial charge is 0.312 e. The second kappa shape index (κ2) is 7.89. The van der Waals surface area contributed by atoms with E-state index >= 15 is 0 Å². The van der Waals surface area contributed by atoms with Crippen molar-refractivity contribution in [3.63, 3.8) is 0 Å². The maximum absolute atomic E-state index is 14.6. The van der Waals surface area contributed by atoms with Crippen LogP contribution in [0.15, 0.2) is 64.7 Å². The molecule has 33 heavy (non-hydrogen) atoms. The van der Waals surface area contributed by atoms with E-state index in [4.69, 9.17) is 0 Å². The highest BCUT2D eigenvalue weighted by Crippen LogP contribution is 2.38. The highest BCUT2D eigenvalue weighted by Gasteiger charge is 2.40. The van der Waals surface area contributed by atoms with E-state index in [1.807, 2.05) is 0 Å². The third kappa shape index (κ3) is 3.48. The first-order valence-corrected chi connectivity index (χ1v) is 11.4. The first-order valence-electron chi connectivity index (χ1n) is 10.0. The molecule has 168 valence electrons. The second-order valence-corrected chi connectivity index (χ2v) is 8.93. The van der Waals surface area contributed by atoms with E-state index in [0.29, 0.717) is 11.9 Å². The number of nitrogens with zero attached hydrogens (tertiary/aromatic N) is 5. The van der Waals surface area contributed by atoms with Crippen LogP contribution in [0.4, 0.5) is 26.0 Å². The van der Waals surface area contributed by atoms with Crippen LogP contribution in [0.25, 0.3) is 11.2 Å². The zero-order valence-corrected chi connectivity index (χ0v) is 18.0. The molecule has 0 bridgehead atoms. The number of nitrogens with one attached hydrogen (secondary N) is 2. The average molecular weight is 469 g/mol. The third-order valence-corrected chi connectivity index (χ3v) is 6.97. The molecule has 0 spiro atoms. The number of sulfonamides is 1. The van der Waals surface area contributed by atoms with Crippen LogP contribution in [0.5, 0.6) is 0 Å². The number of aliphatic imine (C=N–C) groups is 1. The van der Waals surface area contributed by atoms with Crippen molar-refractivity contribution in [3.8, 4) is 0 Å². The van der Waals surface area contributed by atoms with Gasteiger partial charge in [-0.15, -0.1) is 0 Å². The number of para-hydroxylation sites is 1. The molecule has 12 heteroatoms. The molecule has 0 radical (unpaired) electrons. The lowest BCUT2D eigenvalue weighted by atomic mass is 10.1. The number of anilines is 2. The molecule has 9 nitrogen and oxygen atoms in total. The minimum Gasteiger partial charge on any atom is -0.358 e. The number of amidine groups is 1. The maximum atomic E-state index is 14.6. The number of H-pyrrole nitrogens is 1. The van der Waals surface area contributed by atoms with Crippen molar-refractivity contribution in [2.24, 2.45) is 4.99 Å². The molecule has 5 rings (SSSR count). The molecule has 0 aliphatic carbocycles. The Morgan fingerprint density at radius 1 is 1.09 bits per heavy atom. The topological polar surface area (TPSA) is 116 Å². The number of rotatable bonds is 5. The van der Waals surface area contributed by atoms with Crippen LogP contribution < -0.4 is 9.62 Å². The van der Waals surface area contributed by atoms with Crippen molar-refractivity contribution < 1.29 is 17.2 Å². The normalized spacial score (nSPS) is 15.7. The molecule has 1 aliphatic rings. The Kier molecular flexibility index (Phi) is 5.01. The number of hydrogen-bond acceptors (Lipinski definition) is 7. The Morgan fingerprint density at radius 3 is 2.64 bits per heavy atom. The molecule has 0 fully saturated rings. The predicted octanol–water partition coefficient (Wildman–Crippen LogP) is 3.76. The lowest BCUT2D eigenvalue weighted by Gasteiger charge is -2.34. The fraction of sp³-hybridized carbons (Fsp3) is 0.143. The van der Waals surface area contributed by atoms with Crippen molar-refractivity contribution in [1.29, 1.82) is 0 Å². The Labute approximate surface area is 187 Å². The quantitative estimate of drug-likeness (QED) is 0.430. The van der Waals surface area contributed by atoms with Crippen LogP contribution >= 0.6 is 0 Å². The molecule has 2 N–H and O–H groups in total. The van der Waals surface area contributed by atoms with Gasteiger partial charge in [0.1, 0.15) is 22.1 Å². The Morgan fingerprint density at radius 2 is 1.88 bits per heavy atom. The van der Waals surface area contributed by atoms with E-state index < -0.39 is 32.9 Å². The number of imidazole rings is 1. The lowest BCUT2D eigenvalue weighted by Crippen LogP contribution is -2.48. The summed E-state index contributed by atoms with van der Waals surface area (Å²) in [4.78, 5) is 18.2. The first-order chi connectivity index (χ1) is 15.9. The van der Waals surface area contributed by atoms with Crippen molar-refractivity contribution in [2.75, 3.05) is 9.62 Å². The van der Waals surface area contributed by atoms with Crippen LogP contribution in [0.1, 0.15) is 13.3 Å². The summed E-state index contributed by atoms with van der Waals surface area (Å²) in [5.41, 5.74) is 0.737. The summed E-state index contributed by atoms with van der Waals surface area (Å²) < 4.78 is 56.8. The van der Waals surface area contributed by atoms with Crippen LogP contribution in [0, 0.1) is 11.9 Å². The molecule has 1 unspecified atom stereocenters. The minimum atomic E-state index is -4.34. The number of fused-ring (bicyclic) bond motifs is 2. The molecule has 3 heterocycles. The van der Waals surface area contributed by atoms with Gasteiger partial charge in [-0.1, -0.05) is 31.2 Å². The summed E-state index contributed by atoms with van der Waals surface area (Å²) in [6.07, 6.45) is 0.712. The van der Waals surface area contributed by atoms with Gasteiger partial charge in [0.2, 0.25) is 0 Å². The first kappa shape index (κ1) is 20.9. The molecule has 0 saturated heterocycles. The van der Waals surface area contributed by atoms with Gasteiger partial charge in [-0.3, -0.25) is 0 Å². The highest BCUT2D eigenvalue weighted by molar-refractivity contribution is 7.93. The Balaban J connectivity index is 1.69. The molecule has 0 saturated carbocycles. The van der Waals surface area contributed by atoms with E-state index in [-0.39, 0.29) is 28.7 Å². The van der Waals surface area contributed by atoms with Gasteiger partial charge in [0.05, 0.1) is 23.7 Å². The van der Waals surface area contributed by atoms with E-state index in [0.717, 1.165) is 10.4 Å². The van der Waals surface area contributed by atoms with Gasteiger partial charge in [0.25, 0.3) is 10.0 Å². The molecule has 2 aromatic carbocycles. The molecule has 0 amide bonds. The van der Waals surface area contributed by atoms with Crippen LogP contribution in [-0.4, -0.2) is 40.2 Å². The zero-order valence-electron chi connectivity index (χ0n) is 17.2. The number of aromatic amines is 1.